The SMILES string of the molecule is COc1ccc(NS(=O)(=O)c2ccc(OCC(=O)NCCNc3ccnc4cc(Cl)ccc34)cc2)cc1Cl. The van der Waals surface area contributed by atoms with E-state index >= 15 is 0 Å². The maximum Gasteiger partial charge on any atom is 0.261 e. The Kier molecular flexibility index (Phi) is 8.77. The Bertz CT molecular complexity index is 1550. The number of fused-ring (bicyclic) bond motifs is 1. The molecule has 38 heavy (non-hydrogen) atoms. The van der Waals surface area contributed by atoms with Crippen LogP contribution in [-0.2, 0) is 14.8 Å². The number of nitrogens with one attached hydrogen (secondary N) is 3. The Morgan fingerprint density at radius 3 is 2.50 bits per heavy atom. The number of aromatic nitrogens is 1. The van der Waals surface area contributed by atoms with Gasteiger partial charge in [-0.25, -0.2) is 8.42 Å². The van der Waals surface area contributed by atoms with E-state index in [1.165, 1.54) is 37.4 Å². The van der Waals surface area contributed by atoms with Crippen LogP contribution in [0, 0.1) is 0 Å². The number of anilines is 2. The summed E-state index contributed by atoms with van der Waals surface area (Å²) in [4.78, 5) is 16.5. The van der Waals surface area contributed by atoms with Crippen molar-refractivity contribution in [3.05, 3.63) is 83.0 Å². The fourth-order valence-electron chi connectivity index (χ4n) is 3.53. The highest BCUT2D eigenvalue weighted by atomic mass is 35.5. The van der Waals surface area contributed by atoms with Gasteiger partial charge in [0.2, 0.25) is 0 Å². The van der Waals surface area contributed by atoms with Crippen LogP contribution in [0.2, 0.25) is 10.0 Å². The number of hydrogen-bond donors (Lipinski definition) is 3. The van der Waals surface area contributed by atoms with E-state index in [1.807, 2.05) is 12.1 Å². The smallest absolute Gasteiger partial charge is 0.261 e. The predicted molar refractivity (Wildman–Crippen MR) is 149 cm³/mol. The third-order valence-electron chi connectivity index (χ3n) is 5.38. The van der Waals surface area contributed by atoms with Crippen LogP contribution in [0.1, 0.15) is 0 Å². The molecule has 0 saturated heterocycles. The highest BCUT2D eigenvalue weighted by molar-refractivity contribution is 7.92. The van der Waals surface area contributed by atoms with Gasteiger partial charge in [0.1, 0.15) is 11.5 Å². The molecule has 9 nitrogen and oxygen atoms in total. The Labute approximate surface area is 230 Å². The monoisotopic (exact) mass is 574 g/mol. The average molecular weight is 575 g/mol. The van der Waals surface area contributed by atoms with Crippen molar-refractivity contribution >= 4 is 61.4 Å². The number of halogens is 2. The van der Waals surface area contributed by atoms with Gasteiger partial charge in [0.25, 0.3) is 15.9 Å². The zero-order chi connectivity index (χ0) is 27.1. The number of carbonyl (C=O) groups is 1. The average Bonchev–Trinajstić information content (AvgIpc) is 2.90. The van der Waals surface area contributed by atoms with E-state index in [0.717, 1.165) is 16.6 Å². The number of sulfonamides is 1. The first kappa shape index (κ1) is 27.3. The Morgan fingerprint density at radius 2 is 1.76 bits per heavy atom. The first-order valence-corrected chi connectivity index (χ1v) is 13.6. The highest BCUT2D eigenvalue weighted by Crippen LogP contribution is 2.29. The molecule has 0 radical (unpaired) electrons. The maximum atomic E-state index is 12.7. The summed E-state index contributed by atoms with van der Waals surface area (Å²) in [6.07, 6.45) is 1.69. The molecule has 4 rings (SSSR count). The van der Waals surface area contributed by atoms with E-state index in [0.29, 0.717) is 35.3 Å². The summed E-state index contributed by atoms with van der Waals surface area (Å²) in [5, 5.41) is 7.86. The lowest BCUT2D eigenvalue weighted by Crippen LogP contribution is -2.32. The van der Waals surface area contributed by atoms with Gasteiger partial charge in [0.15, 0.2) is 6.61 Å². The standard InChI is InChI=1S/C26H24Cl2N4O5S/c1-36-25-9-3-18(15-22(25)28)32-38(34,35)20-6-4-19(5-7-20)37-16-26(33)31-13-12-30-23-10-11-29-24-14-17(27)2-8-21(23)24/h2-11,14-15,32H,12-13,16H2,1H3,(H,29,30)(H,31,33). The molecule has 1 aromatic heterocycles. The fourth-order valence-corrected chi connectivity index (χ4v) is 5.01. The molecule has 0 saturated carbocycles. The van der Waals surface area contributed by atoms with Crippen molar-refractivity contribution in [2.24, 2.45) is 0 Å². The molecule has 1 amide bonds. The number of hydrogen-bond acceptors (Lipinski definition) is 7. The Hall–Kier alpha value is -3.73. The molecule has 0 atom stereocenters. The number of nitrogens with zero attached hydrogens (tertiary/aromatic N) is 1. The molecular formula is C26H24Cl2N4O5S. The van der Waals surface area contributed by atoms with E-state index in [2.05, 4.69) is 20.3 Å². The quantitative estimate of drug-likeness (QED) is 0.217. The van der Waals surface area contributed by atoms with Crippen LogP contribution >= 0.6 is 23.2 Å². The zero-order valence-electron chi connectivity index (χ0n) is 20.2. The molecule has 12 heteroatoms. The normalized spacial score (nSPS) is 11.1. The van der Waals surface area contributed by atoms with Crippen LogP contribution in [0.15, 0.2) is 77.8 Å². The van der Waals surface area contributed by atoms with Crippen LogP contribution in [-0.4, -0.2) is 46.1 Å². The second kappa shape index (κ2) is 12.2. The minimum absolute atomic E-state index is 0.0261. The Balaban J connectivity index is 1.23. The van der Waals surface area contributed by atoms with Crippen molar-refractivity contribution in [2.45, 2.75) is 4.90 Å². The van der Waals surface area contributed by atoms with Crippen LogP contribution in [0.4, 0.5) is 11.4 Å². The first-order chi connectivity index (χ1) is 18.2. The van der Waals surface area contributed by atoms with Gasteiger partial charge in [0.05, 0.1) is 28.2 Å². The number of carbonyl (C=O) groups excluding carboxylic acids is 1. The van der Waals surface area contributed by atoms with Crippen LogP contribution in [0.3, 0.4) is 0 Å². The lowest BCUT2D eigenvalue weighted by molar-refractivity contribution is -0.123. The largest absolute Gasteiger partial charge is 0.495 e. The van der Waals surface area contributed by atoms with Crippen LogP contribution < -0.4 is 24.8 Å². The third kappa shape index (κ3) is 6.97. The minimum atomic E-state index is -3.85. The summed E-state index contributed by atoms with van der Waals surface area (Å²) in [6, 6.07) is 17.6. The van der Waals surface area contributed by atoms with E-state index < -0.39 is 10.0 Å². The molecule has 4 aromatic rings. The lowest BCUT2D eigenvalue weighted by atomic mass is 10.2. The van der Waals surface area contributed by atoms with Crippen molar-refractivity contribution in [2.75, 3.05) is 36.8 Å². The number of ether oxygens (including phenoxy) is 2. The summed E-state index contributed by atoms with van der Waals surface area (Å²) in [7, 11) is -2.38. The van der Waals surface area contributed by atoms with Gasteiger partial charge >= 0.3 is 0 Å². The van der Waals surface area contributed by atoms with Gasteiger partial charge in [-0.2, -0.15) is 0 Å². The molecule has 0 aliphatic carbocycles. The molecule has 0 bridgehead atoms. The van der Waals surface area contributed by atoms with Crippen molar-refractivity contribution in [3.8, 4) is 11.5 Å². The number of methoxy groups -OCH3 is 1. The molecular weight excluding hydrogens is 551 g/mol. The third-order valence-corrected chi connectivity index (χ3v) is 7.30. The number of pyridine rings is 1. The second-order valence-corrected chi connectivity index (χ2v) is 10.5. The van der Waals surface area contributed by atoms with Crippen molar-refractivity contribution in [3.63, 3.8) is 0 Å². The van der Waals surface area contributed by atoms with Gasteiger partial charge in [-0.3, -0.25) is 14.5 Å². The topological polar surface area (TPSA) is 119 Å². The zero-order valence-corrected chi connectivity index (χ0v) is 22.5. The molecule has 0 aliphatic rings. The van der Waals surface area contributed by atoms with Crippen molar-refractivity contribution in [1.82, 2.24) is 10.3 Å². The van der Waals surface area contributed by atoms with Gasteiger partial charge < -0.3 is 20.1 Å². The highest BCUT2D eigenvalue weighted by Gasteiger charge is 2.15. The second-order valence-electron chi connectivity index (χ2n) is 8.01. The molecule has 3 aromatic carbocycles. The van der Waals surface area contributed by atoms with E-state index in [-0.39, 0.29) is 22.4 Å². The number of rotatable bonds is 11. The summed E-state index contributed by atoms with van der Waals surface area (Å²) >= 11 is 12.1. The first-order valence-electron chi connectivity index (χ1n) is 11.4. The summed E-state index contributed by atoms with van der Waals surface area (Å²) < 4.78 is 38.4. The summed E-state index contributed by atoms with van der Waals surface area (Å²) in [6.45, 7) is 0.648. The molecule has 0 aliphatic heterocycles. The van der Waals surface area contributed by atoms with Crippen molar-refractivity contribution < 1.29 is 22.7 Å². The predicted octanol–water partition coefficient (Wildman–Crippen LogP) is 4.96. The molecule has 3 N–H and O–H groups in total. The lowest BCUT2D eigenvalue weighted by Gasteiger charge is -2.12. The molecule has 0 spiro atoms. The Morgan fingerprint density at radius 1 is 0.974 bits per heavy atom. The summed E-state index contributed by atoms with van der Waals surface area (Å²) in [5.74, 6) is 0.476. The minimum Gasteiger partial charge on any atom is -0.495 e. The fraction of sp³-hybridized carbons (Fsp3) is 0.154. The number of benzene rings is 3. The van der Waals surface area contributed by atoms with E-state index in [1.54, 1.807) is 30.5 Å². The van der Waals surface area contributed by atoms with E-state index in [4.69, 9.17) is 32.7 Å². The van der Waals surface area contributed by atoms with Gasteiger partial charge in [-0.1, -0.05) is 23.2 Å². The van der Waals surface area contributed by atoms with Crippen LogP contribution in [0.5, 0.6) is 11.5 Å². The van der Waals surface area contributed by atoms with Gasteiger partial charge in [-0.15, -0.1) is 0 Å². The van der Waals surface area contributed by atoms with Crippen LogP contribution in [0.25, 0.3) is 10.9 Å². The number of amides is 1. The van der Waals surface area contributed by atoms with Gasteiger partial charge in [-0.05, 0) is 66.7 Å². The molecule has 0 unspecified atom stereocenters. The van der Waals surface area contributed by atoms with Gasteiger partial charge in [0, 0.05) is 35.4 Å². The van der Waals surface area contributed by atoms with Crippen molar-refractivity contribution in [1.29, 1.82) is 0 Å². The maximum absolute atomic E-state index is 12.7. The summed E-state index contributed by atoms with van der Waals surface area (Å²) in [5.41, 5.74) is 1.96. The molecule has 198 valence electrons. The van der Waals surface area contributed by atoms with E-state index in [9.17, 15) is 13.2 Å². The molecule has 0 fully saturated rings. The molecule has 1 heterocycles.